The highest BCUT2D eigenvalue weighted by atomic mass is 15.1. The van der Waals surface area contributed by atoms with Crippen LogP contribution in [0.3, 0.4) is 0 Å². The molecule has 0 aromatic heterocycles. The molecule has 3 aromatic carbocycles. The molecule has 37 heavy (non-hydrogen) atoms. The van der Waals surface area contributed by atoms with E-state index in [1.165, 1.54) is 22.3 Å². The van der Waals surface area contributed by atoms with Gasteiger partial charge in [0, 0.05) is 17.1 Å². The number of aryl methyl sites for hydroxylation is 1. The number of nitrogens with zero attached hydrogens (tertiary/aromatic N) is 3. The molecule has 0 saturated carbocycles. The van der Waals surface area contributed by atoms with Crippen molar-refractivity contribution in [3.8, 4) is 6.07 Å². The highest BCUT2D eigenvalue weighted by Crippen LogP contribution is 2.50. The third-order valence-corrected chi connectivity index (χ3v) is 7.74. The van der Waals surface area contributed by atoms with E-state index in [2.05, 4.69) is 115 Å². The number of rotatable bonds is 4. The molecule has 1 atom stereocenters. The zero-order valence-electron chi connectivity index (χ0n) is 21.7. The Morgan fingerprint density at radius 2 is 1.59 bits per heavy atom. The van der Waals surface area contributed by atoms with E-state index in [1.54, 1.807) is 0 Å². The van der Waals surface area contributed by atoms with E-state index in [0.29, 0.717) is 5.92 Å². The third-order valence-electron chi connectivity index (χ3n) is 7.74. The minimum Gasteiger partial charge on any atom is -0.310 e. The Morgan fingerprint density at radius 3 is 2.16 bits per heavy atom. The van der Waals surface area contributed by atoms with Crippen LogP contribution in [0.2, 0.25) is 0 Å². The topological polar surface area (TPSA) is 31.4 Å². The average Bonchev–Trinajstić information content (AvgIpc) is 2.90. The van der Waals surface area contributed by atoms with Gasteiger partial charge in [-0.3, -0.25) is 0 Å². The molecular formula is C34H31N3. The summed E-state index contributed by atoms with van der Waals surface area (Å²) in [6, 6.07) is 29.8. The van der Waals surface area contributed by atoms with Crippen molar-refractivity contribution in [3.05, 3.63) is 130 Å². The molecule has 2 aliphatic carbocycles. The van der Waals surface area contributed by atoms with Crippen LogP contribution in [0.15, 0.2) is 108 Å². The summed E-state index contributed by atoms with van der Waals surface area (Å²) in [6.45, 7) is 14.2. The molecule has 0 fully saturated rings. The Labute approximate surface area is 220 Å². The lowest BCUT2D eigenvalue weighted by Crippen LogP contribution is -2.31. The Morgan fingerprint density at radius 1 is 0.946 bits per heavy atom. The fraction of sp³-hybridized carbons (Fsp3) is 0.235. The highest BCUT2D eigenvalue weighted by molar-refractivity contribution is 5.80. The highest BCUT2D eigenvalue weighted by Gasteiger charge is 2.38. The molecule has 1 unspecified atom stereocenters. The van der Waals surface area contributed by atoms with Crippen LogP contribution in [-0.2, 0) is 0 Å². The molecule has 3 nitrogen and oxygen atoms in total. The van der Waals surface area contributed by atoms with Crippen LogP contribution in [0.25, 0.3) is 10.4 Å². The number of hydrogen-bond donors (Lipinski definition) is 0. The largest absolute Gasteiger partial charge is 0.310 e. The second-order valence-electron chi connectivity index (χ2n) is 10.7. The van der Waals surface area contributed by atoms with E-state index < -0.39 is 0 Å². The maximum absolute atomic E-state index is 9.48. The summed E-state index contributed by atoms with van der Waals surface area (Å²) >= 11 is 0. The van der Waals surface area contributed by atoms with E-state index in [0.717, 1.165) is 41.9 Å². The molecule has 0 heterocycles. The van der Waals surface area contributed by atoms with Crippen molar-refractivity contribution >= 4 is 22.6 Å². The molecule has 3 aromatic rings. The van der Waals surface area contributed by atoms with Gasteiger partial charge in [0.1, 0.15) is 0 Å². The second-order valence-corrected chi connectivity index (χ2v) is 10.7. The molecule has 0 radical (unpaired) electrons. The van der Waals surface area contributed by atoms with Gasteiger partial charge in [-0.05, 0) is 102 Å². The van der Waals surface area contributed by atoms with Crippen LogP contribution in [0.1, 0.15) is 44.2 Å². The molecule has 3 heteroatoms. The summed E-state index contributed by atoms with van der Waals surface area (Å²) in [4.78, 5) is 5.79. The summed E-state index contributed by atoms with van der Waals surface area (Å²) < 4.78 is 0. The van der Waals surface area contributed by atoms with Gasteiger partial charge >= 0.3 is 0 Å². The van der Waals surface area contributed by atoms with Gasteiger partial charge in [0.25, 0.3) is 5.70 Å². The quantitative estimate of drug-likeness (QED) is 0.275. The van der Waals surface area contributed by atoms with E-state index in [4.69, 9.17) is 6.57 Å². The normalized spacial score (nSPS) is 19.4. The molecular weight excluding hydrogens is 450 g/mol. The van der Waals surface area contributed by atoms with Crippen LogP contribution < -0.4 is 4.90 Å². The van der Waals surface area contributed by atoms with Gasteiger partial charge in [-0.15, -0.1) is 0 Å². The Kier molecular flexibility index (Phi) is 6.56. The van der Waals surface area contributed by atoms with Crippen molar-refractivity contribution in [1.29, 1.82) is 5.26 Å². The molecule has 5 rings (SSSR count). The molecule has 0 bridgehead atoms. The lowest BCUT2D eigenvalue weighted by Gasteiger charge is -2.42. The molecule has 0 N–H and O–H groups in total. The van der Waals surface area contributed by atoms with Gasteiger partial charge in [-0.1, -0.05) is 68.5 Å². The zero-order valence-corrected chi connectivity index (χ0v) is 21.7. The van der Waals surface area contributed by atoms with E-state index in [1.807, 2.05) is 12.1 Å². The Bertz CT molecular complexity index is 1440. The van der Waals surface area contributed by atoms with Gasteiger partial charge in [0.05, 0.1) is 12.6 Å². The fourth-order valence-electron chi connectivity index (χ4n) is 5.97. The van der Waals surface area contributed by atoms with Gasteiger partial charge in [0.2, 0.25) is 0 Å². The first kappa shape index (κ1) is 24.4. The van der Waals surface area contributed by atoms with Crippen molar-refractivity contribution in [1.82, 2.24) is 0 Å². The molecule has 0 saturated heterocycles. The smallest absolute Gasteiger partial charge is 0.265 e. The third kappa shape index (κ3) is 4.74. The molecule has 2 aliphatic rings. The summed E-state index contributed by atoms with van der Waals surface area (Å²) in [5, 5.41) is 9.48. The summed E-state index contributed by atoms with van der Waals surface area (Å²) in [7, 11) is 0. The molecule has 0 amide bonds. The van der Waals surface area contributed by atoms with Crippen LogP contribution in [-0.4, -0.2) is 0 Å². The number of fused-ring (bicyclic) bond motifs is 1. The lowest BCUT2D eigenvalue weighted by atomic mass is 9.62. The standard InChI is InChI=1S/C34H31N3/c1-24-19-30(37(28-11-7-5-8-12-28)29-13-9-6-10-14-29)16-17-31(24)25-15-18-32-26(20-25)21-27(22-34(32,2)3)33(23-35)36-4/h5-14,16-17,19-21,32H,15,18,22H2,1-3H3/b33-27+. The van der Waals surface area contributed by atoms with Gasteiger partial charge in [-0.2, -0.15) is 0 Å². The molecule has 0 spiro atoms. The van der Waals surface area contributed by atoms with Crippen molar-refractivity contribution in [2.45, 2.75) is 40.0 Å². The van der Waals surface area contributed by atoms with Crippen molar-refractivity contribution in [3.63, 3.8) is 0 Å². The Balaban J connectivity index is 1.55. The molecule has 0 aliphatic heterocycles. The first-order valence-electron chi connectivity index (χ1n) is 12.9. The first-order valence-corrected chi connectivity index (χ1v) is 12.9. The predicted octanol–water partition coefficient (Wildman–Crippen LogP) is 9.31. The fourth-order valence-corrected chi connectivity index (χ4v) is 5.97. The summed E-state index contributed by atoms with van der Waals surface area (Å²) in [6.07, 6.45) is 7.32. The van der Waals surface area contributed by atoms with Gasteiger partial charge in [-0.25, -0.2) is 10.1 Å². The number of anilines is 3. The number of hydrogen-bond acceptors (Lipinski definition) is 2. The SMILES string of the molecule is [C-]#[N+]/C(C#N)=C1\C=C2C=C(c3ccc(N(c4ccccc4)c4ccccc4)cc3C)CCC2C(C)(C)C1. The predicted molar refractivity (Wildman–Crippen MR) is 152 cm³/mol. The number of nitriles is 1. The van der Waals surface area contributed by atoms with Crippen LogP contribution in [0.5, 0.6) is 0 Å². The average molecular weight is 482 g/mol. The van der Waals surface area contributed by atoms with Crippen molar-refractivity contribution in [2.75, 3.05) is 4.90 Å². The zero-order chi connectivity index (χ0) is 26.0. The maximum Gasteiger partial charge on any atom is 0.265 e. The summed E-state index contributed by atoms with van der Waals surface area (Å²) in [5.74, 6) is 0.442. The molecule has 182 valence electrons. The monoisotopic (exact) mass is 481 g/mol. The van der Waals surface area contributed by atoms with E-state index in [9.17, 15) is 5.26 Å². The minimum absolute atomic E-state index is 0.0268. The maximum atomic E-state index is 9.48. The number of benzene rings is 3. The van der Waals surface area contributed by atoms with Gasteiger partial charge in [0.15, 0.2) is 0 Å². The number of para-hydroxylation sites is 2. The summed E-state index contributed by atoms with van der Waals surface area (Å²) in [5.41, 5.74) is 9.60. The number of allylic oxidation sites excluding steroid dienone is 6. The Hall–Kier alpha value is -4.34. The van der Waals surface area contributed by atoms with E-state index >= 15 is 0 Å². The van der Waals surface area contributed by atoms with Crippen LogP contribution in [0, 0.1) is 36.2 Å². The van der Waals surface area contributed by atoms with E-state index in [-0.39, 0.29) is 11.1 Å². The lowest BCUT2D eigenvalue weighted by molar-refractivity contribution is 0.227. The van der Waals surface area contributed by atoms with Crippen molar-refractivity contribution in [2.24, 2.45) is 11.3 Å². The minimum atomic E-state index is 0.0268. The first-order chi connectivity index (χ1) is 17.9. The second kappa shape index (κ2) is 9.96. The van der Waals surface area contributed by atoms with Crippen molar-refractivity contribution < 1.29 is 0 Å². The van der Waals surface area contributed by atoms with Crippen LogP contribution in [0.4, 0.5) is 17.1 Å². The van der Waals surface area contributed by atoms with Crippen LogP contribution >= 0.6 is 0 Å². The van der Waals surface area contributed by atoms with Gasteiger partial charge < -0.3 is 4.90 Å².